The third-order valence-electron chi connectivity index (χ3n) is 3.13. The van der Waals surface area contributed by atoms with E-state index < -0.39 is 5.97 Å². The number of carboxylic acids is 1. The van der Waals surface area contributed by atoms with E-state index >= 15 is 0 Å². The molecule has 110 valence electrons. The van der Waals surface area contributed by atoms with E-state index in [9.17, 15) is 4.79 Å². The van der Waals surface area contributed by atoms with Gasteiger partial charge in [-0.05, 0) is 35.4 Å². The molecule has 0 spiro atoms. The lowest BCUT2D eigenvalue weighted by atomic mass is 10.0. The predicted octanol–water partition coefficient (Wildman–Crippen LogP) is 2.72. The third-order valence-corrected chi connectivity index (χ3v) is 3.60. The molecule has 4 N–H and O–H groups in total. The summed E-state index contributed by atoms with van der Waals surface area (Å²) in [7, 11) is 0. The molecule has 0 amide bonds. The van der Waals surface area contributed by atoms with Crippen LogP contribution in [0.5, 0.6) is 0 Å². The second-order valence-corrected chi connectivity index (χ2v) is 5.15. The SMILES string of the molecule is N[C@@H](CS)CNc1ccc(-c2cccc(C(=O)O)c2)cc1. The van der Waals surface area contributed by atoms with Crippen LogP contribution in [0.3, 0.4) is 0 Å². The van der Waals surface area contributed by atoms with E-state index in [4.69, 9.17) is 10.8 Å². The molecule has 21 heavy (non-hydrogen) atoms. The number of nitrogens with one attached hydrogen (secondary N) is 1. The molecule has 5 heteroatoms. The van der Waals surface area contributed by atoms with Crippen LogP contribution in [-0.4, -0.2) is 29.4 Å². The molecule has 2 aromatic rings. The highest BCUT2D eigenvalue weighted by atomic mass is 32.1. The molecule has 0 aliphatic rings. The Morgan fingerprint density at radius 1 is 1.19 bits per heavy atom. The van der Waals surface area contributed by atoms with Gasteiger partial charge in [-0.2, -0.15) is 12.6 Å². The quantitative estimate of drug-likeness (QED) is 0.619. The van der Waals surface area contributed by atoms with Crippen molar-refractivity contribution in [2.45, 2.75) is 6.04 Å². The van der Waals surface area contributed by atoms with Crippen molar-refractivity contribution in [3.8, 4) is 11.1 Å². The number of rotatable bonds is 6. The van der Waals surface area contributed by atoms with Crippen LogP contribution in [0.4, 0.5) is 5.69 Å². The smallest absolute Gasteiger partial charge is 0.335 e. The van der Waals surface area contributed by atoms with E-state index in [1.165, 1.54) is 0 Å². The van der Waals surface area contributed by atoms with Gasteiger partial charge >= 0.3 is 5.97 Å². The molecular weight excluding hydrogens is 284 g/mol. The van der Waals surface area contributed by atoms with Crippen LogP contribution < -0.4 is 11.1 Å². The van der Waals surface area contributed by atoms with E-state index in [2.05, 4.69) is 17.9 Å². The molecule has 0 aliphatic carbocycles. The zero-order valence-electron chi connectivity index (χ0n) is 11.5. The minimum absolute atomic E-state index is 0.0141. The molecule has 0 aliphatic heterocycles. The lowest BCUT2D eigenvalue weighted by Crippen LogP contribution is -2.30. The number of nitrogens with two attached hydrogens (primary N) is 1. The highest BCUT2D eigenvalue weighted by molar-refractivity contribution is 7.80. The van der Waals surface area contributed by atoms with Crippen LogP contribution in [0.15, 0.2) is 48.5 Å². The van der Waals surface area contributed by atoms with Gasteiger partial charge in [0.05, 0.1) is 5.56 Å². The molecule has 1 atom stereocenters. The number of anilines is 1. The van der Waals surface area contributed by atoms with Gasteiger partial charge < -0.3 is 16.2 Å². The van der Waals surface area contributed by atoms with Gasteiger partial charge in [-0.1, -0.05) is 24.3 Å². The van der Waals surface area contributed by atoms with Crippen LogP contribution in [0.1, 0.15) is 10.4 Å². The fraction of sp³-hybridized carbons (Fsp3) is 0.188. The molecule has 2 aromatic carbocycles. The van der Waals surface area contributed by atoms with Crippen molar-refractivity contribution in [1.82, 2.24) is 0 Å². The number of hydrogen-bond donors (Lipinski definition) is 4. The topological polar surface area (TPSA) is 75.3 Å². The van der Waals surface area contributed by atoms with Gasteiger partial charge in [0.25, 0.3) is 0 Å². The van der Waals surface area contributed by atoms with Crippen molar-refractivity contribution in [2.24, 2.45) is 5.73 Å². The average molecular weight is 302 g/mol. The average Bonchev–Trinajstić information content (AvgIpc) is 2.53. The van der Waals surface area contributed by atoms with Crippen LogP contribution >= 0.6 is 12.6 Å². The van der Waals surface area contributed by atoms with Crippen molar-refractivity contribution < 1.29 is 9.90 Å². The van der Waals surface area contributed by atoms with E-state index in [1.807, 2.05) is 30.3 Å². The Morgan fingerprint density at radius 2 is 1.90 bits per heavy atom. The number of carboxylic acid groups (broad SMARTS) is 1. The van der Waals surface area contributed by atoms with Crippen LogP contribution in [0.25, 0.3) is 11.1 Å². The summed E-state index contributed by atoms with van der Waals surface area (Å²) in [5, 5.41) is 12.3. The molecule has 0 saturated heterocycles. The Balaban J connectivity index is 2.11. The van der Waals surface area contributed by atoms with Gasteiger partial charge in [-0.3, -0.25) is 0 Å². The molecule has 0 saturated carbocycles. The Morgan fingerprint density at radius 3 is 2.52 bits per heavy atom. The zero-order chi connectivity index (χ0) is 15.2. The summed E-state index contributed by atoms with van der Waals surface area (Å²) in [4.78, 5) is 11.0. The standard InChI is InChI=1S/C16H18N2O2S/c17-14(10-21)9-18-15-6-4-11(5-7-15)12-2-1-3-13(8-12)16(19)20/h1-8,14,18,21H,9-10,17H2,(H,19,20)/t14-/m1/s1. The molecule has 0 fully saturated rings. The second-order valence-electron chi connectivity index (χ2n) is 4.79. The highest BCUT2D eigenvalue weighted by Gasteiger charge is 2.05. The first kappa shape index (κ1) is 15.4. The maximum Gasteiger partial charge on any atom is 0.335 e. The molecule has 0 radical (unpaired) electrons. The zero-order valence-corrected chi connectivity index (χ0v) is 12.4. The third kappa shape index (κ3) is 4.24. The summed E-state index contributed by atoms with van der Waals surface area (Å²) in [6, 6.07) is 14.7. The summed E-state index contributed by atoms with van der Waals surface area (Å²) >= 11 is 4.14. The number of aromatic carboxylic acids is 1. The van der Waals surface area contributed by atoms with Gasteiger partial charge in [-0.15, -0.1) is 0 Å². The minimum atomic E-state index is -0.920. The first-order valence-electron chi connectivity index (χ1n) is 6.64. The van der Waals surface area contributed by atoms with Crippen LogP contribution in [0.2, 0.25) is 0 Å². The molecule has 0 bridgehead atoms. The monoisotopic (exact) mass is 302 g/mol. The Kier molecular flexibility index (Phi) is 5.25. The molecule has 0 aromatic heterocycles. The number of benzene rings is 2. The summed E-state index contributed by atoms with van der Waals surface area (Å²) in [6.45, 7) is 0.664. The Hall–Kier alpha value is -1.98. The van der Waals surface area contributed by atoms with Crippen molar-refractivity contribution in [3.63, 3.8) is 0 Å². The molecular formula is C16H18N2O2S. The van der Waals surface area contributed by atoms with Crippen LogP contribution in [0, 0.1) is 0 Å². The summed E-state index contributed by atoms with van der Waals surface area (Å²) < 4.78 is 0. The fourth-order valence-electron chi connectivity index (χ4n) is 1.93. The summed E-state index contributed by atoms with van der Waals surface area (Å²) in [6.07, 6.45) is 0. The van der Waals surface area contributed by atoms with Crippen molar-refractivity contribution in [3.05, 3.63) is 54.1 Å². The Labute approximate surface area is 129 Å². The van der Waals surface area contributed by atoms with E-state index in [-0.39, 0.29) is 11.6 Å². The second kappa shape index (κ2) is 7.15. The molecule has 0 unspecified atom stereocenters. The molecule has 4 nitrogen and oxygen atoms in total. The van der Waals surface area contributed by atoms with Gasteiger partial charge in [0, 0.05) is 24.0 Å². The number of thiol groups is 1. The molecule has 0 heterocycles. The van der Waals surface area contributed by atoms with Gasteiger partial charge in [0.1, 0.15) is 0 Å². The summed E-state index contributed by atoms with van der Waals surface area (Å²) in [5.41, 5.74) is 8.91. The normalized spacial score (nSPS) is 11.9. The maximum atomic E-state index is 11.0. The van der Waals surface area contributed by atoms with Gasteiger partial charge in [0.2, 0.25) is 0 Å². The fourth-order valence-corrected chi connectivity index (χ4v) is 2.05. The van der Waals surface area contributed by atoms with E-state index in [0.717, 1.165) is 16.8 Å². The first-order valence-corrected chi connectivity index (χ1v) is 7.27. The van der Waals surface area contributed by atoms with Crippen molar-refractivity contribution in [2.75, 3.05) is 17.6 Å². The molecule has 2 rings (SSSR count). The van der Waals surface area contributed by atoms with Gasteiger partial charge in [0.15, 0.2) is 0 Å². The maximum absolute atomic E-state index is 11.0. The Bertz CT molecular complexity index is 614. The van der Waals surface area contributed by atoms with E-state index in [1.54, 1.807) is 18.2 Å². The summed E-state index contributed by atoms with van der Waals surface area (Å²) in [5.74, 6) is -0.288. The minimum Gasteiger partial charge on any atom is -0.478 e. The van der Waals surface area contributed by atoms with Crippen LogP contribution in [-0.2, 0) is 0 Å². The lowest BCUT2D eigenvalue weighted by molar-refractivity contribution is 0.0697. The number of carbonyl (C=O) groups is 1. The predicted molar refractivity (Wildman–Crippen MR) is 89.2 cm³/mol. The van der Waals surface area contributed by atoms with E-state index in [0.29, 0.717) is 12.3 Å². The lowest BCUT2D eigenvalue weighted by Gasteiger charge is -2.11. The van der Waals surface area contributed by atoms with Gasteiger partial charge in [-0.25, -0.2) is 4.79 Å². The van der Waals surface area contributed by atoms with Crippen molar-refractivity contribution >= 4 is 24.3 Å². The largest absolute Gasteiger partial charge is 0.478 e. The highest BCUT2D eigenvalue weighted by Crippen LogP contribution is 2.22. The first-order chi connectivity index (χ1) is 10.1. The number of hydrogen-bond acceptors (Lipinski definition) is 4. The van der Waals surface area contributed by atoms with Crippen molar-refractivity contribution in [1.29, 1.82) is 0 Å².